The van der Waals surface area contributed by atoms with Crippen molar-refractivity contribution in [3.05, 3.63) is 59.7 Å². The van der Waals surface area contributed by atoms with E-state index in [1.807, 2.05) is 6.07 Å². The van der Waals surface area contributed by atoms with Crippen LogP contribution in [0.1, 0.15) is 11.1 Å². The average Bonchev–Trinajstić information content (AvgIpc) is 2.76. The van der Waals surface area contributed by atoms with Crippen molar-refractivity contribution in [2.45, 2.75) is 25.4 Å². The van der Waals surface area contributed by atoms with Crippen molar-refractivity contribution in [3.63, 3.8) is 0 Å². The minimum absolute atomic E-state index is 0.0286. The Hall–Kier alpha value is -2.32. The van der Waals surface area contributed by atoms with Crippen molar-refractivity contribution >= 4 is 18.7 Å². The summed E-state index contributed by atoms with van der Waals surface area (Å²) in [6.07, 6.45) is -2.70. The zero-order chi connectivity index (χ0) is 21.0. The number of hydrogen-bond donors (Lipinski definition) is 2. The number of amides is 1. The van der Waals surface area contributed by atoms with E-state index < -0.39 is 32.5 Å². The molecule has 0 fully saturated rings. The number of nitrogens with zero attached hydrogens (tertiary/aromatic N) is 1. The first-order valence-corrected chi connectivity index (χ1v) is 10.4. The molecule has 0 saturated carbocycles. The van der Waals surface area contributed by atoms with Crippen molar-refractivity contribution < 1.29 is 32.6 Å². The lowest BCUT2D eigenvalue weighted by Gasteiger charge is -2.39. The van der Waals surface area contributed by atoms with Gasteiger partial charge < -0.3 is 9.26 Å². The fourth-order valence-electron chi connectivity index (χ4n) is 3.31. The van der Waals surface area contributed by atoms with E-state index in [1.54, 1.807) is 23.7 Å². The van der Waals surface area contributed by atoms with Crippen LogP contribution in [0.25, 0.3) is 0 Å². The molecule has 7 nitrogen and oxygen atoms in total. The number of methoxy groups -OCH3 is 1. The molecule has 0 spiro atoms. The summed E-state index contributed by atoms with van der Waals surface area (Å²) in [7, 11) is -2.62. The monoisotopic (exact) mass is 426 g/mol. The number of halogens is 2. The normalized spacial score (nSPS) is 18.7. The first-order chi connectivity index (χ1) is 13.9. The van der Waals surface area contributed by atoms with Crippen LogP contribution in [0.5, 0.6) is 5.75 Å². The Balaban J connectivity index is 2.08. The Labute approximate surface area is 166 Å². The molecule has 0 unspecified atom stereocenters. The number of hydroxylamine groups is 1. The van der Waals surface area contributed by atoms with Gasteiger partial charge in [-0.25, -0.2) is 18.9 Å². The molecule has 1 aliphatic rings. The molecular weight excluding hydrogens is 405 g/mol. The highest BCUT2D eigenvalue weighted by atomic mass is 31.2. The number of alkyl halides is 2. The van der Waals surface area contributed by atoms with Gasteiger partial charge in [-0.2, -0.15) is 0 Å². The summed E-state index contributed by atoms with van der Waals surface area (Å²) in [4.78, 5) is 12.4. The van der Waals surface area contributed by atoms with E-state index in [1.165, 1.54) is 36.0 Å². The molecule has 0 radical (unpaired) electrons. The molecular formula is C19H21F2N2O5P. The van der Waals surface area contributed by atoms with Gasteiger partial charge in [0.1, 0.15) is 18.4 Å². The number of nitrogens with one attached hydrogen (secondary N) is 1. The van der Waals surface area contributed by atoms with Gasteiger partial charge in [-0.15, -0.1) is 0 Å². The molecule has 0 saturated heterocycles. The molecule has 1 amide bonds. The lowest BCUT2D eigenvalue weighted by molar-refractivity contribution is -0.133. The third-order valence-corrected chi connectivity index (χ3v) is 7.30. The SMILES string of the molecule is COc1ccc([P@@](=O)(OCC(F)F)N2Cc3ccccc3C[C@@H]2C(=O)NO)cc1. The van der Waals surface area contributed by atoms with Gasteiger partial charge in [-0.1, -0.05) is 24.3 Å². The van der Waals surface area contributed by atoms with Gasteiger partial charge in [0, 0.05) is 6.54 Å². The van der Waals surface area contributed by atoms with Crippen molar-refractivity contribution in [2.75, 3.05) is 13.7 Å². The second kappa shape index (κ2) is 9.00. The van der Waals surface area contributed by atoms with Crippen molar-refractivity contribution in [3.8, 4) is 5.75 Å². The highest BCUT2D eigenvalue weighted by Gasteiger charge is 2.44. The number of carbonyl (C=O) groups is 1. The maximum absolute atomic E-state index is 14.0. The van der Waals surface area contributed by atoms with Gasteiger partial charge >= 0.3 is 7.52 Å². The Morgan fingerprint density at radius 3 is 2.48 bits per heavy atom. The average molecular weight is 426 g/mol. The highest BCUT2D eigenvalue weighted by Crippen LogP contribution is 2.54. The number of ether oxygens (including phenoxy) is 1. The maximum Gasteiger partial charge on any atom is 0.303 e. The number of carbonyl (C=O) groups excluding carboxylic acids is 1. The third kappa shape index (κ3) is 4.48. The Morgan fingerprint density at radius 2 is 1.90 bits per heavy atom. The largest absolute Gasteiger partial charge is 0.497 e. The van der Waals surface area contributed by atoms with Crippen LogP contribution in [-0.2, 0) is 26.8 Å². The van der Waals surface area contributed by atoms with Crippen LogP contribution in [0.15, 0.2) is 48.5 Å². The third-order valence-electron chi connectivity index (χ3n) is 4.75. The minimum Gasteiger partial charge on any atom is -0.497 e. The summed E-state index contributed by atoms with van der Waals surface area (Å²) >= 11 is 0. The summed E-state index contributed by atoms with van der Waals surface area (Å²) in [6, 6.07) is 12.1. The molecule has 29 heavy (non-hydrogen) atoms. The second-order valence-electron chi connectivity index (χ2n) is 6.47. The minimum atomic E-state index is -4.08. The summed E-state index contributed by atoms with van der Waals surface area (Å²) in [5.74, 6) is -0.309. The first-order valence-electron chi connectivity index (χ1n) is 8.84. The summed E-state index contributed by atoms with van der Waals surface area (Å²) in [6.45, 7) is -1.03. The number of benzene rings is 2. The van der Waals surface area contributed by atoms with E-state index in [2.05, 4.69) is 0 Å². The van der Waals surface area contributed by atoms with E-state index in [0.29, 0.717) is 5.75 Å². The summed E-state index contributed by atoms with van der Waals surface area (Å²) in [5.41, 5.74) is 3.21. The molecule has 2 aromatic carbocycles. The van der Waals surface area contributed by atoms with Crippen molar-refractivity contribution in [1.82, 2.24) is 10.2 Å². The van der Waals surface area contributed by atoms with E-state index >= 15 is 0 Å². The lowest BCUT2D eigenvalue weighted by atomic mass is 9.95. The molecule has 0 aromatic heterocycles. The van der Waals surface area contributed by atoms with Gasteiger partial charge in [0.2, 0.25) is 0 Å². The van der Waals surface area contributed by atoms with Gasteiger partial charge in [-0.3, -0.25) is 14.6 Å². The van der Waals surface area contributed by atoms with E-state index in [0.717, 1.165) is 11.1 Å². The highest BCUT2D eigenvalue weighted by molar-refractivity contribution is 7.64. The Kier molecular flexibility index (Phi) is 6.64. The molecule has 10 heteroatoms. The molecule has 2 aromatic rings. The zero-order valence-corrected chi connectivity index (χ0v) is 16.5. The fraction of sp³-hybridized carbons (Fsp3) is 0.316. The number of fused-ring (bicyclic) bond motifs is 1. The molecule has 1 aliphatic heterocycles. The Bertz CT molecular complexity index is 910. The molecule has 0 bridgehead atoms. The summed E-state index contributed by atoms with van der Waals surface area (Å²) < 4.78 is 51.4. The standard InChI is InChI=1S/C19H21F2N2O5P/c1-27-15-6-8-16(9-7-15)29(26,28-12-18(20)21)23-11-14-5-3-2-4-13(14)10-17(23)19(24)22-25/h2-9,17-18,25H,10-12H2,1H3,(H,22,24)/t17-,29-/m1/s1. The molecule has 156 valence electrons. The van der Waals surface area contributed by atoms with Gasteiger partial charge in [-0.05, 0) is 41.8 Å². The van der Waals surface area contributed by atoms with Crippen LogP contribution in [-0.4, -0.2) is 42.0 Å². The van der Waals surface area contributed by atoms with Crippen molar-refractivity contribution in [1.29, 1.82) is 0 Å². The molecule has 1 heterocycles. The van der Waals surface area contributed by atoms with Gasteiger partial charge in [0.05, 0.1) is 12.4 Å². The Morgan fingerprint density at radius 1 is 1.24 bits per heavy atom. The number of rotatable bonds is 7. The number of hydrogen-bond acceptors (Lipinski definition) is 5. The van der Waals surface area contributed by atoms with Crippen LogP contribution in [0.4, 0.5) is 8.78 Å². The molecule has 2 atom stereocenters. The van der Waals surface area contributed by atoms with E-state index in [4.69, 9.17) is 9.26 Å². The quantitative estimate of drug-likeness (QED) is 0.402. The van der Waals surface area contributed by atoms with Crippen molar-refractivity contribution in [2.24, 2.45) is 0 Å². The second-order valence-corrected chi connectivity index (χ2v) is 8.80. The predicted octanol–water partition coefficient (Wildman–Crippen LogP) is 2.73. The first kappa shape index (κ1) is 21.4. The molecule has 0 aliphatic carbocycles. The van der Waals surface area contributed by atoms with Gasteiger partial charge in [0.15, 0.2) is 0 Å². The smallest absolute Gasteiger partial charge is 0.303 e. The lowest BCUT2D eigenvalue weighted by Crippen LogP contribution is -2.49. The summed E-state index contributed by atoms with van der Waals surface area (Å²) in [5, 5.41) is 9.33. The topological polar surface area (TPSA) is 88.1 Å². The van der Waals surface area contributed by atoms with Crippen LogP contribution in [0.3, 0.4) is 0 Å². The van der Waals surface area contributed by atoms with Crippen LogP contribution in [0.2, 0.25) is 0 Å². The van der Waals surface area contributed by atoms with Crippen LogP contribution in [0, 0.1) is 0 Å². The van der Waals surface area contributed by atoms with Crippen LogP contribution < -0.4 is 15.5 Å². The van der Waals surface area contributed by atoms with Gasteiger partial charge in [0.25, 0.3) is 12.3 Å². The molecule has 2 N–H and O–H groups in total. The van der Waals surface area contributed by atoms with E-state index in [9.17, 15) is 23.3 Å². The molecule has 3 rings (SSSR count). The van der Waals surface area contributed by atoms with Crippen LogP contribution >= 0.6 is 7.52 Å². The maximum atomic E-state index is 14.0. The fourth-order valence-corrected chi connectivity index (χ4v) is 5.64. The predicted molar refractivity (Wildman–Crippen MR) is 102 cm³/mol. The van der Waals surface area contributed by atoms with E-state index in [-0.39, 0.29) is 18.3 Å². The zero-order valence-electron chi connectivity index (χ0n) is 15.6.